The molecule has 1 heterocycles. The van der Waals surface area contributed by atoms with Gasteiger partial charge in [0.2, 0.25) is 0 Å². The standard InChI is InChI=1S/C13H19N3O3/c17-11-8-14-10(7-15-11)12(18)16-9-13(19)5-3-1-2-4-6-13/h7-8,19H,1-6,9H2,(H,15,17)(H,16,18). The molecule has 19 heavy (non-hydrogen) atoms. The number of aliphatic hydroxyl groups is 1. The van der Waals surface area contributed by atoms with E-state index in [0.29, 0.717) is 12.8 Å². The molecule has 1 fully saturated rings. The van der Waals surface area contributed by atoms with E-state index >= 15 is 0 Å². The van der Waals surface area contributed by atoms with Crippen LogP contribution in [0.3, 0.4) is 0 Å². The molecule has 0 spiro atoms. The van der Waals surface area contributed by atoms with Crippen molar-refractivity contribution in [3.05, 3.63) is 28.4 Å². The van der Waals surface area contributed by atoms with Crippen LogP contribution in [0, 0.1) is 0 Å². The number of carbonyl (C=O) groups excluding carboxylic acids is 1. The zero-order chi connectivity index (χ0) is 13.7. The smallest absolute Gasteiger partial charge is 0.271 e. The second-order valence-corrected chi connectivity index (χ2v) is 5.12. The molecule has 0 unspecified atom stereocenters. The van der Waals surface area contributed by atoms with Crippen LogP contribution >= 0.6 is 0 Å². The van der Waals surface area contributed by atoms with Gasteiger partial charge in [-0.2, -0.15) is 0 Å². The molecule has 0 saturated heterocycles. The lowest BCUT2D eigenvalue weighted by Gasteiger charge is -2.26. The maximum atomic E-state index is 11.8. The largest absolute Gasteiger partial charge is 0.388 e. The molecule has 1 aliphatic carbocycles. The first-order chi connectivity index (χ1) is 9.09. The molecule has 3 N–H and O–H groups in total. The first kappa shape index (κ1) is 13.7. The number of amides is 1. The molecule has 1 aliphatic rings. The summed E-state index contributed by atoms with van der Waals surface area (Å²) in [7, 11) is 0. The van der Waals surface area contributed by atoms with Gasteiger partial charge in [-0.3, -0.25) is 9.59 Å². The van der Waals surface area contributed by atoms with Crippen LogP contribution in [0.5, 0.6) is 0 Å². The monoisotopic (exact) mass is 265 g/mol. The van der Waals surface area contributed by atoms with Gasteiger partial charge in [0.25, 0.3) is 11.5 Å². The van der Waals surface area contributed by atoms with Gasteiger partial charge in [0, 0.05) is 12.7 Å². The van der Waals surface area contributed by atoms with Crippen LogP contribution in [0.2, 0.25) is 0 Å². The molecule has 1 saturated carbocycles. The minimum absolute atomic E-state index is 0.150. The van der Waals surface area contributed by atoms with Crippen LogP contribution < -0.4 is 10.9 Å². The zero-order valence-corrected chi connectivity index (χ0v) is 10.8. The van der Waals surface area contributed by atoms with Crippen LogP contribution in [-0.4, -0.2) is 33.1 Å². The van der Waals surface area contributed by atoms with E-state index in [1.165, 1.54) is 6.20 Å². The number of nitrogens with zero attached hydrogens (tertiary/aromatic N) is 1. The van der Waals surface area contributed by atoms with Crippen molar-refractivity contribution in [1.82, 2.24) is 15.3 Å². The number of H-pyrrole nitrogens is 1. The van der Waals surface area contributed by atoms with E-state index in [1.807, 2.05) is 0 Å². The molecule has 104 valence electrons. The molecule has 0 aliphatic heterocycles. The number of hydrogen-bond acceptors (Lipinski definition) is 4. The second-order valence-electron chi connectivity index (χ2n) is 5.12. The predicted octanol–water partition coefficient (Wildman–Crippen LogP) is 0.585. The van der Waals surface area contributed by atoms with Gasteiger partial charge in [-0.1, -0.05) is 25.7 Å². The normalized spacial score (nSPS) is 18.6. The number of rotatable bonds is 3. The highest BCUT2D eigenvalue weighted by atomic mass is 16.3. The molecule has 0 aromatic carbocycles. The highest BCUT2D eigenvalue weighted by Crippen LogP contribution is 2.26. The average Bonchev–Trinajstić information content (AvgIpc) is 2.62. The Kier molecular flexibility index (Phi) is 4.31. The van der Waals surface area contributed by atoms with Crippen molar-refractivity contribution in [1.29, 1.82) is 0 Å². The molecule has 6 heteroatoms. The third-order valence-corrected chi connectivity index (χ3v) is 3.52. The molecule has 0 bridgehead atoms. The van der Waals surface area contributed by atoms with E-state index in [9.17, 15) is 14.7 Å². The lowest BCUT2D eigenvalue weighted by atomic mass is 9.94. The van der Waals surface area contributed by atoms with Crippen molar-refractivity contribution in [3.63, 3.8) is 0 Å². The summed E-state index contributed by atoms with van der Waals surface area (Å²) in [4.78, 5) is 28.8. The fourth-order valence-electron chi connectivity index (χ4n) is 2.37. The quantitative estimate of drug-likeness (QED) is 0.697. The summed E-state index contributed by atoms with van der Waals surface area (Å²) in [6.07, 6.45) is 8.02. The molecule has 0 atom stereocenters. The van der Waals surface area contributed by atoms with Crippen molar-refractivity contribution in [3.8, 4) is 0 Å². The van der Waals surface area contributed by atoms with E-state index in [1.54, 1.807) is 0 Å². The van der Waals surface area contributed by atoms with Gasteiger partial charge in [-0.05, 0) is 12.8 Å². The predicted molar refractivity (Wildman–Crippen MR) is 69.8 cm³/mol. The summed E-state index contributed by atoms with van der Waals surface area (Å²) < 4.78 is 0. The second kappa shape index (κ2) is 5.97. The molecule has 2 rings (SSSR count). The first-order valence-electron chi connectivity index (χ1n) is 6.64. The zero-order valence-electron chi connectivity index (χ0n) is 10.8. The topological polar surface area (TPSA) is 95.1 Å². The Balaban J connectivity index is 1.92. The van der Waals surface area contributed by atoms with Crippen LogP contribution in [0.4, 0.5) is 0 Å². The van der Waals surface area contributed by atoms with Gasteiger partial charge in [-0.25, -0.2) is 4.98 Å². The van der Waals surface area contributed by atoms with Crippen LogP contribution in [0.25, 0.3) is 0 Å². The third-order valence-electron chi connectivity index (χ3n) is 3.52. The lowest BCUT2D eigenvalue weighted by Crippen LogP contribution is -2.42. The summed E-state index contributed by atoms with van der Waals surface area (Å²) in [6.45, 7) is 0.229. The summed E-state index contributed by atoms with van der Waals surface area (Å²) >= 11 is 0. The van der Waals surface area contributed by atoms with Crippen LogP contribution in [0.15, 0.2) is 17.2 Å². The molecule has 1 aromatic rings. The highest BCUT2D eigenvalue weighted by molar-refractivity contribution is 5.91. The number of aromatic nitrogens is 2. The lowest BCUT2D eigenvalue weighted by molar-refractivity contribution is 0.0246. The summed E-state index contributed by atoms with van der Waals surface area (Å²) in [5.74, 6) is -0.381. The summed E-state index contributed by atoms with van der Waals surface area (Å²) in [5, 5.41) is 13.1. The van der Waals surface area contributed by atoms with Crippen LogP contribution in [-0.2, 0) is 0 Å². The Morgan fingerprint density at radius 2 is 2.05 bits per heavy atom. The fraction of sp³-hybridized carbons (Fsp3) is 0.615. The molecule has 1 aromatic heterocycles. The maximum Gasteiger partial charge on any atom is 0.271 e. The van der Waals surface area contributed by atoms with Gasteiger partial charge in [-0.15, -0.1) is 0 Å². The van der Waals surface area contributed by atoms with Gasteiger partial charge in [0.15, 0.2) is 0 Å². The van der Waals surface area contributed by atoms with Crippen molar-refractivity contribution in [2.24, 2.45) is 0 Å². The van der Waals surface area contributed by atoms with Crippen molar-refractivity contribution < 1.29 is 9.90 Å². The van der Waals surface area contributed by atoms with E-state index in [2.05, 4.69) is 15.3 Å². The Labute approximate surface area is 111 Å². The van der Waals surface area contributed by atoms with Crippen molar-refractivity contribution in [2.45, 2.75) is 44.1 Å². The number of carbonyl (C=O) groups is 1. The Morgan fingerprint density at radius 1 is 1.37 bits per heavy atom. The van der Waals surface area contributed by atoms with E-state index in [-0.39, 0.29) is 23.7 Å². The van der Waals surface area contributed by atoms with Crippen molar-refractivity contribution in [2.75, 3.05) is 6.54 Å². The van der Waals surface area contributed by atoms with E-state index in [4.69, 9.17) is 0 Å². The number of aromatic amines is 1. The SMILES string of the molecule is O=C(NCC1(O)CCCCCC1)c1c[nH]c(=O)cn1. The number of hydrogen-bond donors (Lipinski definition) is 3. The summed E-state index contributed by atoms with van der Waals surface area (Å²) in [6, 6.07) is 0. The number of nitrogens with one attached hydrogen (secondary N) is 2. The Hall–Kier alpha value is -1.69. The van der Waals surface area contributed by atoms with E-state index < -0.39 is 5.60 Å². The Morgan fingerprint density at radius 3 is 2.63 bits per heavy atom. The average molecular weight is 265 g/mol. The van der Waals surface area contributed by atoms with Crippen LogP contribution in [0.1, 0.15) is 49.0 Å². The third kappa shape index (κ3) is 3.89. The van der Waals surface area contributed by atoms with Crippen molar-refractivity contribution >= 4 is 5.91 Å². The molecule has 0 radical (unpaired) electrons. The molecule has 6 nitrogen and oxygen atoms in total. The van der Waals surface area contributed by atoms with Gasteiger partial charge in [0.1, 0.15) is 5.69 Å². The first-order valence-corrected chi connectivity index (χ1v) is 6.64. The minimum atomic E-state index is -0.811. The Bertz CT molecular complexity index is 470. The highest BCUT2D eigenvalue weighted by Gasteiger charge is 2.28. The minimum Gasteiger partial charge on any atom is -0.388 e. The fourth-order valence-corrected chi connectivity index (χ4v) is 2.37. The maximum absolute atomic E-state index is 11.8. The van der Waals surface area contributed by atoms with E-state index in [0.717, 1.165) is 31.9 Å². The van der Waals surface area contributed by atoms with Gasteiger partial charge < -0.3 is 15.4 Å². The molecule has 1 amide bonds. The van der Waals surface area contributed by atoms with Gasteiger partial charge in [0.05, 0.1) is 11.8 Å². The molecular weight excluding hydrogens is 246 g/mol. The van der Waals surface area contributed by atoms with Gasteiger partial charge >= 0.3 is 0 Å². The summed E-state index contributed by atoms with van der Waals surface area (Å²) in [5.41, 5.74) is -1.01. The molecular formula is C13H19N3O3.